The van der Waals surface area contributed by atoms with Gasteiger partial charge in [0, 0.05) is 19.2 Å². The first kappa shape index (κ1) is 18.3. The molecule has 2 fully saturated rings. The van der Waals surface area contributed by atoms with Crippen molar-refractivity contribution < 1.29 is 17.9 Å². The van der Waals surface area contributed by atoms with Gasteiger partial charge in [0.25, 0.3) is 0 Å². The van der Waals surface area contributed by atoms with Crippen LogP contribution in [0.4, 0.5) is 0 Å². The Hall–Kier alpha value is -1.02. The van der Waals surface area contributed by atoms with Gasteiger partial charge >= 0.3 is 0 Å². The minimum Gasteiger partial charge on any atom is -0.493 e. The summed E-state index contributed by atoms with van der Waals surface area (Å²) in [7, 11) is -0.453. The maximum atomic E-state index is 12.9. The third kappa shape index (κ3) is 3.42. The number of piperidine rings is 1. The first-order valence-corrected chi connectivity index (χ1v) is 8.93. The van der Waals surface area contributed by atoms with Crippen LogP contribution in [-0.4, -0.2) is 53.1 Å². The number of rotatable bonds is 4. The third-order valence-corrected chi connectivity index (χ3v) is 6.52. The molecule has 1 aromatic rings. The van der Waals surface area contributed by atoms with Crippen molar-refractivity contribution in [1.29, 1.82) is 0 Å². The summed E-state index contributed by atoms with van der Waals surface area (Å²) in [4.78, 5) is 0.259. The predicted molar refractivity (Wildman–Crippen MR) is 90.0 cm³/mol. The summed E-state index contributed by atoms with van der Waals surface area (Å²) in [6.07, 6.45) is 0.921. The van der Waals surface area contributed by atoms with Crippen molar-refractivity contribution in [3.63, 3.8) is 0 Å². The second kappa shape index (κ2) is 7.25. The molecule has 1 aromatic carbocycles. The van der Waals surface area contributed by atoms with Crippen LogP contribution in [0.15, 0.2) is 23.1 Å². The molecule has 0 amide bonds. The molecule has 3 rings (SSSR count). The summed E-state index contributed by atoms with van der Waals surface area (Å²) < 4.78 is 37.7. The van der Waals surface area contributed by atoms with Crippen molar-refractivity contribution in [2.75, 3.05) is 40.4 Å². The van der Waals surface area contributed by atoms with E-state index in [9.17, 15) is 8.42 Å². The van der Waals surface area contributed by atoms with Gasteiger partial charge in [0.1, 0.15) is 0 Å². The summed E-state index contributed by atoms with van der Waals surface area (Å²) in [6.45, 7) is 3.09. The zero-order valence-electron chi connectivity index (χ0n) is 13.3. The topological polar surface area (TPSA) is 67.9 Å². The number of sulfonamides is 1. The van der Waals surface area contributed by atoms with Gasteiger partial charge < -0.3 is 14.8 Å². The number of hydrogen-bond donors (Lipinski definition) is 1. The highest BCUT2D eigenvalue weighted by molar-refractivity contribution is 7.89. The highest BCUT2D eigenvalue weighted by atomic mass is 35.5. The average molecular weight is 363 g/mol. The molecule has 130 valence electrons. The minimum atomic E-state index is -3.49. The van der Waals surface area contributed by atoms with E-state index in [1.807, 2.05) is 0 Å². The smallest absolute Gasteiger partial charge is 0.243 e. The minimum absolute atomic E-state index is 0. The summed E-state index contributed by atoms with van der Waals surface area (Å²) in [5.74, 6) is 1.99. The van der Waals surface area contributed by atoms with Crippen LogP contribution < -0.4 is 14.8 Å². The lowest BCUT2D eigenvalue weighted by Crippen LogP contribution is -2.43. The van der Waals surface area contributed by atoms with Gasteiger partial charge in [-0.3, -0.25) is 0 Å². The Bertz CT molecular complexity index is 653. The molecule has 0 spiro atoms. The van der Waals surface area contributed by atoms with Gasteiger partial charge in [-0.1, -0.05) is 0 Å². The Morgan fingerprint density at radius 2 is 1.83 bits per heavy atom. The number of hydrogen-bond acceptors (Lipinski definition) is 5. The molecule has 1 N–H and O–H groups in total. The molecule has 0 aliphatic carbocycles. The quantitative estimate of drug-likeness (QED) is 0.875. The van der Waals surface area contributed by atoms with Crippen molar-refractivity contribution in [2.45, 2.75) is 11.3 Å². The van der Waals surface area contributed by atoms with Crippen LogP contribution in [0.2, 0.25) is 0 Å². The fourth-order valence-electron chi connectivity index (χ4n) is 3.35. The summed E-state index contributed by atoms with van der Waals surface area (Å²) in [5, 5.41) is 3.35. The van der Waals surface area contributed by atoms with Crippen LogP contribution >= 0.6 is 12.4 Å². The van der Waals surface area contributed by atoms with E-state index in [2.05, 4.69) is 5.32 Å². The van der Waals surface area contributed by atoms with Gasteiger partial charge in [-0.2, -0.15) is 4.31 Å². The zero-order chi connectivity index (χ0) is 15.7. The van der Waals surface area contributed by atoms with Crippen molar-refractivity contribution in [2.24, 2.45) is 11.8 Å². The first-order valence-electron chi connectivity index (χ1n) is 7.49. The third-order valence-electron chi connectivity index (χ3n) is 4.66. The highest BCUT2D eigenvalue weighted by Gasteiger charge is 2.37. The van der Waals surface area contributed by atoms with Gasteiger partial charge in [0.2, 0.25) is 10.0 Å². The number of halogens is 1. The number of ether oxygens (including phenoxy) is 2. The maximum absolute atomic E-state index is 12.9. The van der Waals surface area contributed by atoms with Crippen LogP contribution in [0.25, 0.3) is 0 Å². The Morgan fingerprint density at radius 1 is 1.13 bits per heavy atom. The van der Waals surface area contributed by atoms with E-state index in [0.29, 0.717) is 36.4 Å². The van der Waals surface area contributed by atoms with Crippen molar-refractivity contribution >= 4 is 22.4 Å². The van der Waals surface area contributed by atoms with Crippen molar-refractivity contribution in [3.8, 4) is 11.5 Å². The van der Waals surface area contributed by atoms with Gasteiger partial charge in [0.05, 0.1) is 19.1 Å². The molecule has 2 heterocycles. The molecule has 23 heavy (non-hydrogen) atoms. The van der Waals surface area contributed by atoms with E-state index in [1.165, 1.54) is 20.3 Å². The van der Waals surface area contributed by atoms with Crippen molar-refractivity contribution in [3.05, 3.63) is 18.2 Å². The normalized spacial score (nSPS) is 24.6. The van der Waals surface area contributed by atoms with Crippen LogP contribution in [-0.2, 0) is 10.0 Å². The molecule has 2 saturated heterocycles. The van der Waals surface area contributed by atoms with E-state index in [-0.39, 0.29) is 17.3 Å². The molecular weight excluding hydrogens is 340 g/mol. The van der Waals surface area contributed by atoms with E-state index in [0.717, 1.165) is 19.5 Å². The summed E-state index contributed by atoms with van der Waals surface area (Å²) in [5.41, 5.74) is 0. The number of benzene rings is 1. The maximum Gasteiger partial charge on any atom is 0.243 e. The molecule has 2 unspecified atom stereocenters. The molecule has 2 aliphatic heterocycles. The number of nitrogens with one attached hydrogen (secondary N) is 1. The summed E-state index contributed by atoms with van der Waals surface area (Å²) >= 11 is 0. The number of nitrogens with zero attached hydrogens (tertiary/aromatic N) is 1. The lowest BCUT2D eigenvalue weighted by atomic mass is 9.90. The van der Waals surface area contributed by atoms with Crippen LogP contribution in [0.5, 0.6) is 11.5 Å². The van der Waals surface area contributed by atoms with Crippen molar-refractivity contribution in [1.82, 2.24) is 9.62 Å². The second-order valence-electron chi connectivity index (χ2n) is 5.85. The zero-order valence-corrected chi connectivity index (χ0v) is 15.0. The Morgan fingerprint density at radius 3 is 2.52 bits per heavy atom. The average Bonchev–Trinajstić information content (AvgIpc) is 3.01. The van der Waals surface area contributed by atoms with Gasteiger partial charge in [-0.05, 0) is 43.5 Å². The van der Waals surface area contributed by atoms with E-state index >= 15 is 0 Å². The van der Waals surface area contributed by atoms with Crippen LogP contribution in [0.1, 0.15) is 6.42 Å². The molecular formula is C15H23ClN2O4S. The Kier molecular flexibility index (Phi) is 5.78. The molecule has 0 aromatic heterocycles. The van der Waals surface area contributed by atoms with Crippen LogP contribution in [0, 0.1) is 11.8 Å². The molecule has 0 saturated carbocycles. The lowest BCUT2D eigenvalue weighted by molar-refractivity contribution is 0.228. The second-order valence-corrected chi connectivity index (χ2v) is 7.78. The van der Waals surface area contributed by atoms with E-state index < -0.39 is 10.0 Å². The van der Waals surface area contributed by atoms with E-state index in [4.69, 9.17) is 9.47 Å². The van der Waals surface area contributed by atoms with Gasteiger partial charge in [-0.25, -0.2) is 8.42 Å². The lowest BCUT2D eigenvalue weighted by Gasteiger charge is -2.33. The van der Waals surface area contributed by atoms with E-state index in [1.54, 1.807) is 16.4 Å². The SMILES string of the molecule is COc1ccc(S(=O)(=O)N2CCC3CNCC3C2)cc1OC.Cl. The predicted octanol–water partition coefficient (Wildman–Crippen LogP) is 1.36. The monoisotopic (exact) mass is 362 g/mol. The molecule has 2 aliphatic rings. The van der Waals surface area contributed by atoms with Gasteiger partial charge in [-0.15, -0.1) is 12.4 Å². The fraction of sp³-hybridized carbons (Fsp3) is 0.600. The first-order chi connectivity index (χ1) is 10.6. The number of fused-ring (bicyclic) bond motifs is 1. The van der Waals surface area contributed by atoms with Crippen LogP contribution in [0.3, 0.4) is 0 Å². The van der Waals surface area contributed by atoms with Gasteiger partial charge in [0.15, 0.2) is 11.5 Å². The Labute approximate surface area is 143 Å². The molecule has 6 nitrogen and oxygen atoms in total. The molecule has 8 heteroatoms. The summed E-state index contributed by atoms with van der Waals surface area (Å²) in [6, 6.07) is 4.75. The largest absolute Gasteiger partial charge is 0.493 e. The number of methoxy groups -OCH3 is 2. The Balaban J connectivity index is 0.00000192. The highest BCUT2D eigenvalue weighted by Crippen LogP contribution is 2.33. The fourth-order valence-corrected chi connectivity index (χ4v) is 4.87. The molecule has 0 bridgehead atoms. The molecule has 0 radical (unpaired) electrons. The molecule has 2 atom stereocenters. The standard InChI is InChI=1S/C15H22N2O4S.ClH/c1-20-14-4-3-13(7-15(14)21-2)22(18,19)17-6-5-11-8-16-9-12(11)10-17;/h3-4,7,11-12,16H,5-6,8-10H2,1-2H3;1H.